The van der Waals surface area contributed by atoms with E-state index in [1.54, 1.807) is 0 Å². The molecular formula is C15H25NS. The van der Waals surface area contributed by atoms with E-state index in [0.29, 0.717) is 6.04 Å². The van der Waals surface area contributed by atoms with Crippen molar-refractivity contribution in [2.45, 2.75) is 51.0 Å². The highest BCUT2D eigenvalue weighted by Gasteiger charge is 2.08. The smallest absolute Gasteiger partial charge is 0.0320 e. The van der Waals surface area contributed by atoms with Gasteiger partial charge >= 0.3 is 0 Å². The van der Waals surface area contributed by atoms with Gasteiger partial charge in [0.05, 0.1) is 0 Å². The van der Waals surface area contributed by atoms with E-state index in [2.05, 4.69) is 50.4 Å². The Morgan fingerprint density at radius 3 is 2.29 bits per heavy atom. The minimum atomic E-state index is 0.528. The van der Waals surface area contributed by atoms with Gasteiger partial charge in [-0.15, -0.1) is 11.8 Å². The largest absolute Gasteiger partial charge is 0.310 e. The lowest BCUT2D eigenvalue weighted by atomic mass is 10.0. The molecule has 0 radical (unpaired) electrons. The quantitative estimate of drug-likeness (QED) is 0.676. The topological polar surface area (TPSA) is 12.0 Å². The molecule has 0 aliphatic carbocycles. The van der Waals surface area contributed by atoms with E-state index in [1.165, 1.54) is 29.7 Å². The third kappa shape index (κ3) is 5.13. The average Bonchev–Trinajstić information content (AvgIpc) is 2.36. The number of thioether (sulfide) groups is 1. The van der Waals surface area contributed by atoms with Crippen LogP contribution in [-0.4, -0.2) is 12.3 Å². The van der Waals surface area contributed by atoms with Crippen molar-refractivity contribution in [3.63, 3.8) is 0 Å². The average molecular weight is 251 g/mol. The molecule has 1 aromatic rings. The zero-order chi connectivity index (χ0) is 12.5. The molecule has 17 heavy (non-hydrogen) atoms. The van der Waals surface area contributed by atoms with Crippen molar-refractivity contribution >= 4 is 11.8 Å². The van der Waals surface area contributed by atoms with Crippen LogP contribution < -0.4 is 5.32 Å². The summed E-state index contributed by atoms with van der Waals surface area (Å²) < 4.78 is 0. The van der Waals surface area contributed by atoms with Gasteiger partial charge in [-0.3, -0.25) is 0 Å². The summed E-state index contributed by atoms with van der Waals surface area (Å²) in [4.78, 5) is 1.38. The highest BCUT2D eigenvalue weighted by Crippen LogP contribution is 2.23. The fourth-order valence-electron chi connectivity index (χ4n) is 1.96. The Bertz CT molecular complexity index is 294. The summed E-state index contributed by atoms with van der Waals surface area (Å²) in [6, 6.07) is 9.59. The van der Waals surface area contributed by atoms with Crippen LogP contribution in [0.25, 0.3) is 0 Å². The van der Waals surface area contributed by atoms with E-state index >= 15 is 0 Å². The Morgan fingerprint density at radius 1 is 1.06 bits per heavy atom. The Kier molecular flexibility index (Phi) is 7.38. The molecule has 0 aliphatic rings. The lowest BCUT2D eigenvalue weighted by Gasteiger charge is -2.18. The van der Waals surface area contributed by atoms with Gasteiger partial charge in [0.1, 0.15) is 0 Å². The third-order valence-corrected chi connectivity index (χ3v) is 3.71. The summed E-state index contributed by atoms with van der Waals surface area (Å²) in [5, 5.41) is 3.63. The monoisotopic (exact) mass is 251 g/mol. The van der Waals surface area contributed by atoms with E-state index in [0.717, 1.165) is 12.3 Å². The predicted octanol–water partition coefficient (Wildman–Crippen LogP) is 4.64. The molecule has 0 saturated carbocycles. The second-order valence-electron chi connectivity index (χ2n) is 4.30. The van der Waals surface area contributed by atoms with Gasteiger partial charge in [-0.25, -0.2) is 0 Å². The van der Waals surface area contributed by atoms with Crippen molar-refractivity contribution in [1.29, 1.82) is 0 Å². The van der Waals surface area contributed by atoms with Crippen molar-refractivity contribution in [3.8, 4) is 0 Å². The maximum Gasteiger partial charge on any atom is 0.0320 e. The number of benzene rings is 1. The van der Waals surface area contributed by atoms with Crippen LogP contribution >= 0.6 is 11.8 Å². The first-order chi connectivity index (χ1) is 8.31. The molecule has 0 heterocycles. The Balaban J connectivity index is 2.65. The molecule has 1 rings (SSSR count). The van der Waals surface area contributed by atoms with Crippen LogP contribution in [0.3, 0.4) is 0 Å². The summed E-state index contributed by atoms with van der Waals surface area (Å²) in [5.41, 5.74) is 1.43. The summed E-state index contributed by atoms with van der Waals surface area (Å²) >= 11 is 1.91. The molecule has 1 aromatic carbocycles. The van der Waals surface area contributed by atoms with Gasteiger partial charge in [0.2, 0.25) is 0 Å². The lowest BCUT2D eigenvalue weighted by molar-refractivity contribution is 0.494. The Labute approximate surface area is 110 Å². The molecule has 1 N–H and O–H groups in total. The van der Waals surface area contributed by atoms with Gasteiger partial charge in [0, 0.05) is 10.9 Å². The number of hydrogen-bond acceptors (Lipinski definition) is 2. The van der Waals surface area contributed by atoms with E-state index in [4.69, 9.17) is 0 Å². The highest BCUT2D eigenvalue weighted by atomic mass is 32.2. The molecule has 1 nitrogen and oxygen atoms in total. The Hall–Kier alpha value is -0.470. The van der Waals surface area contributed by atoms with Crippen molar-refractivity contribution in [2.24, 2.45) is 0 Å². The molecule has 0 fully saturated rings. The first kappa shape index (κ1) is 14.6. The molecule has 0 aliphatic heterocycles. The van der Waals surface area contributed by atoms with Gasteiger partial charge in [-0.1, -0.05) is 39.3 Å². The fraction of sp³-hybridized carbons (Fsp3) is 0.600. The maximum atomic E-state index is 3.63. The maximum absolute atomic E-state index is 3.63. The van der Waals surface area contributed by atoms with E-state index in [1.807, 2.05) is 11.8 Å². The van der Waals surface area contributed by atoms with E-state index in [-0.39, 0.29) is 0 Å². The van der Waals surface area contributed by atoms with Crippen molar-refractivity contribution in [2.75, 3.05) is 12.3 Å². The molecule has 1 unspecified atom stereocenters. The van der Waals surface area contributed by atoms with Crippen LogP contribution in [0.2, 0.25) is 0 Å². The van der Waals surface area contributed by atoms with Gasteiger partial charge in [0.25, 0.3) is 0 Å². The first-order valence-corrected chi connectivity index (χ1v) is 7.76. The third-order valence-electron chi connectivity index (χ3n) is 2.81. The molecule has 1 atom stereocenters. The zero-order valence-corrected chi connectivity index (χ0v) is 12.1. The number of hydrogen-bond donors (Lipinski definition) is 1. The summed E-state index contributed by atoms with van der Waals surface area (Å²) in [6.45, 7) is 7.77. The predicted molar refractivity (Wildman–Crippen MR) is 78.8 cm³/mol. The normalized spacial score (nSPS) is 12.6. The van der Waals surface area contributed by atoms with Crippen LogP contribution in [0.5, 0.6) is 0 Å². The summed E-state index contributed by atoms with van der Waals surface area (Å²) in [6.07, 6.45) is 3.65. The zero-order valence-electron chi connectivity index (χ0n) is 11.3. The van der Waals surface area contributed by atoms with Crippen molar-refractivity contribution in [3.05, 3.63) is 29.8 Å². The van der Waals surface area contributed by atoms with Crippen molar-refractivity contribution in [1.82, 2.24) is 5.32 Å². The Morgan fingerprint density at radius 2 is 1.76 bits per heavy atom. The summed E-state index contributed by atoms with van der Waals surface area (Å²) in [5.74, 6) is 1.14. The molecule has 0 bridgehead atoms. The minimum Gasteiger partial charge on any atom is -0.310 e. The number of nitrogens with one attached hydrogen (secondary N) is 1. The van der Waals surface area contributed by atoms with E-state index in [9.17, 15) is 0 Å². The van der Waals surface area contributed by atoms with Gasteiger partial charge in [0.15, 0.2) is 0 Å². The lowest BCUT2D eigenvalue weighted by Crippen LogP contribution is -2.21. The minimum absolute atomic E-state index is 0.528. The second-order valence-corrected chi connectivity index (χ2v) is 5.63. The summed E-state index contributed by atoms with van der Waals surface area (Å²) in [7, 11) is 0. The molecule has 0 spiro atoms. The molecule has 0 amide bonds. The van der Waals surface area contributed by atoms with Crippen LogP contribution in [-0.2, 0) is 0 Å². The first-order valence-electron chi connectivity index (χ1n) is 6.77. The van der Waals surface area contributed by atoms with E-state index < -0.39 is 0 Å². The van der Waals surface area contributed by atoms with Gasteiger partial charge in [-0.05, 0) is 42.8 Å². The standard InChI is InChI=1S/C15H25NS/c1-4-7-15(16-12-5-2)13-8-10-14(11-9-13)17-6-3/h8-11,15-16H,4-7,12H2,1-3H3. The molecule has 2 heteroatoms. The molecule has 0 aromatic heterocycles. The van der Waals surface area contributed by atoms with Crippen LogP contribution in [0, 0.1) is 0 Å². The molecule has 0 saturated heterocycles. The van der Waals surface area contributed by atoms with Crippen molar-refractivity contribution < 1.29 is 0 Å². The fourth-order valence-corrected chi connectivity index (χ4v) is 2.62. The van der Waals surface area contributed by atoms with Crippen LogP contribution in [0.15, 0.2) is 29.2 Å². The molecular weight excluding hydrogens is 226 g/mol. The molecule has 96 valence electrons. The van der Waals surface area contributed by atoms with Gasteiger partial charge in [-0.2, -0.15) is 0 Å². The second kappa shape index (κ2) is 8.60. The number of rotatable bonds is 8. The van der Waals surface area contributed by atoms with Gasteiger partial charge < -0.3 is 5.32 Å². The highest BCUT2D eigenvalue weighted by molar-refractivity contribution is 7.99. The van der Waals surface area contributed by atoms with Crippen LogP contribution in [0.1, 0.15) is 51.6 Å². The SMILES string of the molecule is CCCNC(CCC)c1ccc(SCC)cc1. The van der Waals surface area contributed by atoms with Crippen LogP contribution in [0.4, 0.5) is 0 Å².